The second-order valence-corrected chi connectivity index (χ2v) is 4.42. The van der Waals surface area contributed by atoms with Crippen LogP contribution in [0.4, 0.5) is 14.5 Å². The summed E-state index contributed by atoms with van der Waals surface area (Å²) in [6.45, 7) is 2.72. The highest BCUT2D eigenvalue weighted by atomic mass is 19.1. The van der Waals surface area contributed by atoms with E-state index >= 15 is 0 Å². The maximum atomic E-state index is 13.7. The quantitative estimate of drug-likeness (QED) is 0.613. The molecular weight excluding hydrogens is 272 g/mol. The molecule has 1 rings (SSSR count). The van der Waals surface area contributed by atoms with Crippen molar-refractivity contribution in [1.29, 1.82) is 0 Å². The normalized spacial score (nSPS) is 12.0. The summed E-state index contributed by atoms with van der Waals surface area (Å²) in [5.74, 6) is -3.18. The monoisotopic (exact) mass is 287 g/mol. The number of carbonyl (C=O) groups is 1. The van der Waals surface area contributed by atoms with E-state index in [4.69, 9.17) is 0 Å². The van der Waals surface area contributed by atoms with E-state index in [-0.39, 0.29) is 12.5 Å². The summed E-state index contributed by atoms with van der Waals surface area (Å²) in [6.07, 6.45) is 0. The zero-order chi connectivity index (χ0) is 15.3. The van der Waals surface area contributed by atoms with Crippen LogP contribution in [0.25, 0.3) is 0 Å². The number of nitro benzene ring substituents is 1. The van der Waals surface area contributed by atoms with Crippen molar-refractivity contribution >= 4 is 11.6 Å². The highest BCUT2D eigenvalue weighted by Crippen LogP contribution is 2.22. The Morgan fingerprint density at radius 1 is 1.40 bits per heavy atom. The fraction of sp³-hybridized carbons (Fsp3) is 0.417. The molecule has 0 radical (unpaired) electrons. The van der Waals surface area contributed by atoms with Crippen LogP contribution < -0.4 is 10.6 Å². The minimum atomic E-state index is -1.34. The minimum Gasteiger partial charge on any atom is -0.352 e. The zero-order valence-electron chi connectivity index (χ0n) is 11.1. The largest absolute Gasteiger partial charge is 0.352 e. The average molecular weight is 287 g/mol. The van der Waals surface area contributed by atoms with Gasteiger partial charge in [-0.3, -0.25) is 14.9 Å². The maximum Gasteiger partial charge on any atom is 0.308 e. The second-order valence-electron chi connectivity index (χ2n) is 4.42. The summed E-state index contributed by atoms with van der Waals surface area (Å²) in [7, 11) is 1.74. The average Bonchev–Trinajstić information content (AvgIpc) is 2.38. The van der Waals surface area contributed by atoms with Crippen molar-refractivity contribution in [2.45, 2.75) is 6.92 Å². The van der Waals surface area contributed by atoms with E-state index in [2.05, 4.69) is 10.6 Å². The van der Waals surface area contributed by atoms with E-state index in [0.29, 0.717) is 18.7 Å². The first-order valence-electron chi connectivity index (χ1n) is 5.93. The summed E-state index contributed by atoms with van der Waals surface area (Å²) in [4.78, 5) is 21.2. The molecular formula is C12H15F2N3O3. The fourth-order valence-electron chi connectivity index (χ4n) is 1.66. The number of nitro groups is 1. The first-order chi connectivity index (χ1) is 9.36. The van der Waals surface area contributed by atoms with E-state index in [1.807, 2.05) is 6.92 Å². The molecule has 0 aromatic heterocycles. The number of nitrogens with zero attached hydrogens (tertiary/aromatic N) is 1. The van der Waals surface area contributed by atoms with Crippen LogP contribution in [-0.2, 0) is 0 Å². The molecule has 110 valence electrons. The summed E-state index contributed by atoms with van der Waals surface area (Å²) >= 11 is 0. The van der Waals surface area contributed by atoms with Gasteiger partial charge in [-0.2, -0.15) is 4.39 Å². The Bertz CT molecular complexity index is 523. The van der Waals surface area contributed by atoms with Crippen LogP contribution in [0, 0.1) is 27.7 Å². The van der Waals surface area contributed by atoms with Gasteiger partial charge in [-0.1, -0.05) is 6.92 Å². The molecule has 0 aliphatic heterocycles. The Kier molecular flexibility index (Phi) is 5.51. The Morgan fingerprint density at radius 2 is 2.05 bits per heavy atom. The molecule has 0 saturated heterocycles. The molecule has 8 heteroatoms. The van der Waals surface area contributed by atoms with Crippen molar-refractivity contribution in [3.05, 3.63) is 39.4 Å². The standard InChI is InChI=1S/C12H15F2N3O3/c1-7(5-15-2)6-16-12(18)9-3-8(13)4-10(11(9)14)17(19)20/h3-4,7,15H,5-6H2,1-2H3,(H,16,18). The SMILES string of the molecule is CNCC(C)CNC(=O)c1cc(F)cc([N+](=O)[O-])c1F. The predicted octanol–water partition coefficient (Wildman–Crippen LogP) is 1.46. The number of amides is 1. The topological polar surface area (TPSA) is 84.3 Å². The molecule has 2 N–H and O–H groups in total. The van der Waals surface area contributed by atoms with Gasteiger partial charge in [0.25, 0.3) is 5.91 Å². The van der Waals surface area contributed by atoms with Gasteiger partial charge in [-0.15, -0.1) is 0 Å². The van der Waals surface area contributed by atoms with Crippen molar-refractivity contribution in [3.63, 3.8) is 0 Å². The molecule has 0 aliphatic carbocycles. The number of carbonyl (C=O) groups excluding carboxylic acids is 1. The highest BCUT2D eigenvalue weighted by Gasteiger charge is 2.24. The lowest BCUT2D eigenvalue weighted by Crippen LogP contribution is -2.32. The molecule has 1 amide bonds. The lowest BCUT2D eigenvalue weighted by Gasteiger charge is -2.12. The van der Waals surface area contributed by atoms with Gasteiger partial charge in [-0.25, -0.2) is 4.39 Å². The first kappa shape index (κ1) is 16.0. The summed E-state index contributed by atoms with van der Waals surface area (Å²) in [5.41, 5.74) is -1.73. The zero-order valence-corrected chi connectivity index (χ0v) is 11.1. The predicted molar refractivity (Wildman–Crippen MR) is 68.4 cm³/mol. The van der Waals surface area contributed by atoms with Gasteiger partial charge >= 0.3 is 5.69 Å². The van der Waals surface area contributed by atoms with Crippen LogP contribution in [0.3, 0.4) is 0 Å². The molecule has 6 nitrogen and oxygen atoms in total. The molecule has 0 fully saturated rings. The smallest absolute Gasteiger partial charge is 0.308 e. The third kappa shape index (κ3) is 3.95. The molecule has 20 heavy (non-hydrogen) atoms. The maximum absolute atomic E-state index is 13.7. The molecule has 1 atom stereocenters. The van der Waals surface area contributed by atoms with Gasteiger partial charge in [-0.05, 0) is 25.6 Å². The van der Waals surface area contributed by atoms with E-state index in [0.717, 1.165) is 0 Å². The van der Waals surface area contributed by atoms with E-state index in [9.17, 15) is 23.7 Å². The third-order valence-electron chi connectivity index (χ3n) is 2.62. The number of halogens is 2. The van der Waals surface area contributed by atoms with Gasteiger partial charge in [0.05, 0.1) is 16.6 Å². The third-order valence-corrected chi connectivity index (χ3v) is 2.62. The van der Waals surface area contributed by atoms with Gasteiger partial charge in [0.2, 0.25) is 5.82 Å². The Hall–Kier alpha value is -2.09. The molecule has 1 aromatic rings. The van der Waals surface area contributed by atoms with Gasteiger partial charge in [0.1, 0.15) is 5.82 Å². The van der Waals surface area contributed by atoms with Crippen molar-refractivity contribution < 1.29 is 18.5 Å². The lowest BCUT2D eigenvalue weighted by molar-refractivity contribution is -0.387. The van der Waals surface area contributed by atoms with E-state index in [1.54, 1.807) is 7.05 Å². The van der Waals surface area contributed by atoms with Crippen LogP contribution in [0.2, 0.25) is 0 Å². The molecule has 1 unspecified atom stereocenters. The highest BCUT2D eigenvalue weighted by molar-refractivity contribution is 5.95. The van der Waals surface area contributed by atoms with Crippen LogP contribution in [-0.4, -0.2) is 31.0 Å². The lowest BCUT2D eigenvalue weighted by atomic mass is 10.1. The Balaban J connectivity index is 2.90. The Labute approximate surface area is 114 Å². The van der Waals surface area contributed by atoms with E-state index < -0.39 is 33.7 Å². The summed E-state index contributed by atoms with van der Waals surface area (Å²) < 4.78 is 26.9. The van der Waals surface area contributed by atoms with Crippen molar-refractivity contribution in [2.75, 3.05) is 20.1 Å². The van der Waals surface area contributed by atoms with Crippen LogP contribution >= 0.6 is 0 Å². The van der Waals surface area contributed by atoms with Crippen LogP contribution in [0.1, 0.15) is 17.3 Å². The number of nitrogens with one attached hydrogen (secondary N) is 2. The first-order valence-corrected chi connectivity index (χ1v) is 5.93. The Morgan fingerprint density at radius 3 is 2.60 bits per heavy atom. The molecule has 0 bridgehead atoms. The summed E-state index contributed by atoms with van der Waals surface area (Å²) in [5, 5.41) is 15.9. The molecule has 0 saturated carbocycles. The van der Waals surface area contributed by atoms with Crippen molar-refractivity contribution in [3.8, 4) is 0 Å². The molecule has 0 aliphatic rings. The van der Waals surface area contributed by atoms with Gasteiger partial charge < -0.3 is 10.6 Å². The van der Waals surface area contributed by atoms with E-state index in [1.165, 1.54) is 0 Å². The number of rotatable bonds is 6. The minimum absolute atomic E-state index is 0.0792. The van der Waals surface area contributed by atoms with Crippen LogP contribution in [0.15, 0.2) is 12.1 Å². The second kappa shape index (κ2) is 6.90. The summed E-state index contributed by atoms with van der Waals surface area (Å²) in [6, 6.07) is 1.08. The number of hydrogen-bond acceptors (Lipinski definition) is 4. The molecule has 0 heterocycles. The fourth-order valence-corrected chi connectivity index (χ4v) is 1.66. The van der Waals surface area contributed by atoms with Gasteiger partial charge in [0.15, 0.2) is 0 Å². The molecule has 0 spiro atoms. The van der Waals surface area contributed by atoms with Crippen molar-refractivity contribution in [1.82, 2.24) is 10.6 Å². The number of benzene rings is 1. The van der Waals surface area contributed by atoms with Gasteiger partial charge in [0, 0.05) is 6.54 Å². The van der Waals surface area contributed by atoms with Crippen molar-refractivity contribution in [2.24, 2.45) is 5.92 Å². The number of hydrogen-bond donors (Lipinski definition) is 2. The van der Waals surface area contributed by atoms with Crippen LogP contribution in [0.5, 0.6) is 0 Å². The molecule has 1 aromatic carbocycles.